The highest BCUT2D eigenvalue weighted by Crippen LogP contribution is 2.28. The zero-order chi connectivity index (χ0) is 17.3. The van der Waals surface area contributed by atoms with Crippen molar-refractivity contribution in [3.63, 3.8) is 0 Å². The maximum atomic E-state index is 10.6. The van der Waals surface area contributed by atoms with Crippen molar-refractivity contribution >= 4 is 29.9 Å². The van der Waals surface area contributed by atoms with Crippen LogP contribution in [0.5, 0.6) is 5.75 Å². The van der Waals surface area contributed by atoms with Crippen LogP contribution in [0.1, 0.15) is 44.6 Å². The van der Waals surface area contributed by atoms with Crippen molar-refractivity contribution in [1.82, 2.24) is 10.6 Å². The Hall–Kier alpha value is -1.02. The predicted molar refractivity (Wildman–Crippen MR) is 114 cm³/mol. The number of aliphatic imine (C=N–C) groups is 1. The van der Waals surface area contributed by atoms with Gasteiger partial charge in [0.1, 0.15) is 5.75 Å². The molecule has 0 saturated heterocycles. The highest BCUT2D eigenvalue weighted by atomic mass is 127. The molecule has 1 saturated carbocycles. The second-order valence-corrected chi connectivity index (χ2v) is 6.51. The van der Waals surface area contributed by atoms with E-state index in [0.717, 1.165) is 56.9 Å². The van der Waals surface area contributed by atoms with Crippen LogP contribution in [0.2, 0.25) is 0 Å². The van der Waals surface area contributed by atoms with Crippen LogP contribution < -0.4 is 15.4 Å². The van der Waals surface area contributed by atoms with Crippen molar-refractivity contribution in [2.75, 3.05) is 26.7 Å². The Morgan fingerprint density at radius 1 is 1.16 bits per heavy atom. The van der Waals surface area contributed by atoms with Gasteiger partial charge in [-0.3, -0.25) is 4.99 Å². The summed E-state index contributed by atoms with van der Waals surface area (Å²) in [6, 6.07) is 8.12. The molecule has 0 spiro atoms. The molecule has 0 unspecified atom stereocenters. The van der Waals surface area contributed by atoms with Crippen molar-refractivity contribution in [3.05, 3.63) is 29.8 Å². The molecular formula is C19H32IN3O2. The highest BCUT2D eigenvalue weighted by Gasteiger charge is 2.28. The Kier molecular flexibility index (Phi) is 10.2. The van der Waals surface area contributed by atoms with Crippen molar-refractivity contribution in [2.45, 2.75) is 51.0 Å². The minimum atomic E-state index is -0.614. The van der Waals surface area contributed by atoms with Crippen LogP contribution in [0, 0.1) is 0 Å². The lowest BCUT2D eigenvalue weighted by atomic mass is 9.85. The van der Waals surface area contributed by atoms with E-state index >= 15 is 0 Å². The van der Waals surface area contributed by atoms with Gasteiger partial charge >= 0.3 is 0 Å². The number of nitrogens with zero attached hydrogens (tertiary/aromatic N) is 1. The number of nitrogens with one attached hydrogen (secondary N) is 2. The van der Waals surface area contributed by atoms with E-state index in [0.29, 0.717) is 6.54 Å². The van der Waals surface area contributed by atoms with E-state index in [2.05, 4.69) is 34.7 Å². The third-order valence-corrected chi connectivity index (χ3v) is 4.53. The summed E-state index contributed by atoms with van der Waals surface area (Å²) >= 11 is 0. The Morgan fingerprint density at radius 2 is 1.84 bits per heavy atom. The fourth-order valence-electron chi connectivity index (χ4n) is 3.05. The average molecular weight is 461 g/mol. The monoisotopic (exact) mass is 461 g/mol. The van der Waals surface area contributed by atoms with Gasteiger partial charge in [0, 0.05) is 13.1 Å². The zero-order valence-corrected chi connectivity index (χ0v) is 17.7. The minimum absolute atomic E-state index is 0. The van der Waals surface area contributed by atoms with E-state index in [1.807, 2.05) is 12.1 Å². The average Bonchev–Trinajstić information content (AvgIpc) is 2.61. The number of aliphatic hydroxyl groups is 1. The zero-order valence-electron chi connectivity index (χ0n) is 15.4. The molecule has 0 amide bonds. The van der Waals surface area contributed by atoms with Gasteiger partial charge in [-0.15, -0.1) is 24.0 Å². The van der Waals surface area contributed by atoms with Gasteiger partial charge in [0.25, 0.3) is 0 Å². The third kappa shape index (κ3) is 7.81. The lowest BCUT2D eigenvalue weighted by Crippen LogP contribution is -2.41. The summed E-state index contributed by atoms with van der Waals surface area (Å²) in [5.74, 6) is 1.66. The first-order chi connectivity index (χ1) is 11.6. The van der Waals surface area contributed by atoms with E-state index < -0.39 is 5.60 Å². The van der Waals surface area contributed by atoms with Crippen LogP contribution in [0.25, 0.3) is 0 Å². The van der Waals surface area contributed by atoms with Gasteiger partial charge in [-0.2, -0.15) is 0 Å². The van der Waals surface area contributed by atoms with Crippen LogP contribution in [-0.2, 0) is 6.42 Å². The van der Waals surface area contributed by atoms with Gasteiger partial charge < -0.3 is 20.5 Å². The summed E-state index contributed by atoms with van der Waals surface area (Å²) in [7, 11) is 1.68. The first-order valence-corrected chi connectivity index (χ1v) is 9.03. The molecule has 6 heteroatoms. The number of rotatable bonds is 7. The molecule has 0 atom stereocenters. The number of guanidine groups is 1. The smallest absolute Gasteiger partial charge is 0.191 e. The molecule has 0 radical (unpaired) electrons. The number of ether oxygens (including phenoxy) is 1. The van der Waals surface area contributed by atoms with Crippen LogP contribution >= 0.6 is 24.0 Å². The molecule has 0 aromatic heterocycles. The van der Waals surface area contributed by atoms with Gasteiger partial charge in [-0.25, -0.2) is 0 Å². The maximum absolute atomic E-state index is 10.6. The van der Waals surface area contributed by atoms with Crippen LogP contribution in [0.3, 0.4) is 0 Å². The maximum Gasteiger partial charge on any atom is 0.191 e. The summed E-state index contributed by atoms with van der Waals surface area (Å²) in [5.41, 5.74) is 0.640. The fourth-order valence-corrected chi connectivity index (χ4v) is 3.05. The van der Waals surface area contributed by atoms with Crippen LogP contribution in [0.15, 0.2) is 29.3 Å². The molecule has 1 aliphatic carbocycles. The van der Waals surface area contributed by atoms with E-state index in [1.54, 1.807) is 7.11 Å². The molecule has 1 aromatic carbocycles. The minimum Gasteiger partial charge on any atom is -0.497 e. The molecule has 1 aromatic rings. The van der Waals surface area contributed by atoms with Crippen LogP contribution in [0.4, 0.5) is 0 Å². The number of hydrogen-bond acceptors (Lipinski definition) is 3. The molecule has 1 aliphatic rings. The van der Waals surface area contributed by atoms with Gasteiger partial charge in [0.05, 0.1) is 19.3 Å². The Balaban J connectivity index is 0.00000312. The van der Waals surface area contributed by atoms with E-state index in [9.17, 15) is 5.11 Å². The third-order valence-electron chi connectivity index (χ3n) is 4.53. The topological polar surface area (TPSA) is 65.9 Å². The van der Waals surface area contributed by atoms with Gasteiger partial charge in [0.15, 0.2) is 5.96 Å². The summed E-state index contributed by atoms with van der Waals surface area (Å²) < 4.78 is 5.17. The number of benzene rings is 1. The van der Waals surface area contributed by atoms with E-state index in [4.69, 9.17) is 4.74 Å². The second kappa shape index (κ2) is 11.6. The van der Waals surface area contributed by atoms with E-state index in [1.165, 1.54) is 12.0 Å². The molecule has 0 heterocycles. The second-order valence-electron chi connectivity index (χ2n) is 6.51. The van der Waals surface area contributed by atoms with Gasteiger partial charge in [0.2, 0.25) is 0 Å². The molecular weight excluding hydrogens is 429 g/mol. The Bertz CT molecular complexity index is 514. The molecule has 1 fully saturated rings. The normalized spacial score (nSPS) is 16.7. The van der Waals surface area contributed by atoms with Crippen molar-refractivity contribution in [1.29, 1.82) is 0 Å². The lowest BCUT2D eigenvalue weighted by molar-refractivity contribution is 0.0131. The molecule has 0 bridgehead atoms. The Morgan fingerprint density at radius 3 is 2.44 bits per heavy atom. The van der Waals surface area contributed by atoms with Crippen molar-refractivity contribution < 1.29 is 9.84 Å². The Labute approximate surface area is 168 Å². The molecule has 5 nitrogen and oxygen atoms in total. The first kappa shape index (κ1) is 22.0. The highest BCUT2D eigenvalue weighted by molar-refractivity contribution is 14.0. The van der Waals surface area contributed by atoms with Gasteiger partial charge in [-0.1, -0.05) is 31.4 Å². The quantitative estimate of drug-likeness (QED) is 0.332. The first-order valence-electron chi connectivity index (χ1n) is 9.03. The SMILES string of the molecule is CCNC(=NCC1(O)CCCCC1)NCCc1ccc(OC)cc1.I. The van der Waals surface area contributed by atoms with E-state index in [-0.39, 0.29) is 24.0 Å². The van der Waals surface area contributed by atoms with Crippen molar-refractivity contribution in [2.24, 2.45) is 4.99 Å². The standard InChI is InChI=1S/C19H31N3O2.HI/c1-3-20-18(22-15-19(23)12-5-4-6-13-19)21-14-11-16-7-9-17(24-2)10-8-16;/h7-10,23H,3-6,11-15H2,1-2H3,(H2,20,21,22);1H. The number of hydrogen-bond donors (Lipinski definition) is 3. The molecule has 142 valence electrons. The largest absolute Gasteiger partial charge is 0.497 e. The number of methoxy groups -OCH3 is 1. The van der Waals surface area contributed by atoms with Gasteiger partial charge in [-0.05, 0) is 43.9 Å². The molecule has 0 aliphatic heterocycles. The fraction of sp³-hybridized carbons (Fsp3) is 0.632. The molecule has 2 rings (SSSR count). The molecule has 3 N–H and O–H groups in total. The summed E-state index contributed by atoms with van der Waals surface area (Å²) in [6.07, 6.45) is 6.08. The molecule has 25 heavy (non-hydrogen) atoms. The summed E-state index contributed by atoms with van der Waals surface area (Å²) in [4.78, 5) is 4.59. The predicted octanol–water partition coefficient (Wildman–Crippen LogP) is 3.11. The van der Waals surface area contributed by atoms with Crippen molar-refractivity contribution in [3.8, 4) is 5.75 Å². The van der Waals surface area contributed by atoms with Crippen LogP contribution in [-0.4, -0.2) is 43.4 Å². The lowest BCUT2D eigenvalue weighted by Gasteiger charge is -2.30. The summed E-state index contributed by atoms with van der Waals surface area (Å²) in [5, 5.41) is 17.2. The summed E-state index contributed by atoms with van der Waals surface area (Å²) in [6.45, 7) is 4.14. The number of halogens is 1.